The number of benzene rings is 1. The van der Waals surface area contributed by atoms with Crippen LogP contribution < -0.4 is 5.32 Å². The SMILES string of the molecule is CCOC(=O)c1cnn(-c2ccc(C(=O)NCc3noc(C(C)(C)C)n3)cc2)c1C. The summed E-state index contributed by atoms with van der Waals surface area (Å²) in [7, 11) is 0. The molecule has 1 aromatic carbocycles. The second-order valence-electron chi connectivity index (χ2n) is 7.77. The molecule has 0 bridgehead atoms. The van der Waals surface area contributed by atoms with Crippen LogP contribution in [-0.4, -0.2) is 38.4 Å². The van der Waals surface area contributed by atoms with Crippen LogP contribution in [0.4, 0.5) is 0 Å². The lowest BCUT2D eigenvalue weighted by Gasteiger charge is -2.10. The molecule has 0 aliphatic carbocycles. The second-order valence-corrected chi connectivity index (χ2v) is 7.77. The maximum Gasteiger partial charge on any atom is 0.341 e. The molecule has 3 aromatic rings. The van der Waals surface area contributed by atoms with Crippen LogP contribution in [0.15, 0.2) is 35.0 Å². The number of hydrogen-bond donors (Lipinski definition) is 1. The van der Waals surface area contributed by atoms with Crippen molar-refractivity contribution in [3.8, 4) is 5.69 Å². The number of carbonyl (C=O) groups is 2. The van der Waals surface area contributed by atoms with Gasteiger partial charge in [-0.15, -0.1) is 0 Å². The fourth-order valence-electron chi connectivity index (χ4n) is 2.72. The molecule has 0 unspecified atom stereocenters. The van der Waals surface area contributed by atoms with Gasteiger partial charge >= 0.3 is 5.97 Å². The third-order valence-corrected chi connectivity index (χ3v) is 4.40. The summed E-state index contributed by atoms with van der Waals surface area (Å²) in [6, 6.07) is 6.89. The second kappa shape index (κ2) is 8.48. The molecule has 0 aliphatic heterocycles. The first-order valence-electron chi connectivity index (χ1n) is 9.64. The van der Waals surface area contributed by atoms with Gasteiger partial charge in [-0.3, -0.25) is 4.79 Å². The van der Waals surface area contributed by atoms with E-state index < -0.39 is 5.97 Å². The van der Waals surface area contributed by atoms with E-state index in [-0.39, 0.29) is 17.9 Å². The molecule has 0 radical (unpaired) electrons. The molecule has 2 heterocycles. The number of rotatable bonds is 6. The molecule has 3 rings (SSSR count). The molecule has 9 heteroatoms. The van der Waals surface area contributed by atoms with Crippen molar-refractivity contribution in [3.63, 3.8) is 0 Å². The van der Waals surface area contributed by atoms with Gasteiger partial charge in [-0.05, 0) is 38.1 Å². The van der Waals surface area contributed by atoms with Gasteiger partial charge in [0.05, 0.1) is 30.7 Å². The lowest BCUT2D eigenvalue weighted by atomic mass is 9.97. The minimum atomic E-state index is -0.409. The van der Waals surface area contributed by atoms with Crippen molar-refractivity contribution in [3.05, 3.63) is 59.0 Å². The number of hydrogen-bond acceptors (Lipinski definition) is 7. The Morgan fingerprint density at radius 2 is 1.90 bits per heavy atom. The fraction of sp³-hybridized carbons (Fsp3) is 0.381. The smallest absolute Gasteiger partial charge is 0.341 e. The molecular formula is C21H25N5O4. The predicted octanol–water partition coefficient (Wildman–Crippen LogP) is 2.97. The number of esters is 1. The van der Waals surface area contributed by atoms with E-state index in [2.05, 4.69) is 20.6 Å². The van der Waals surface area contributed by atoms with Gasteiger partial charge in [0.25, 0.3) is 5.91 Å². The first-order valence-corrected chi connectivity index (χ1v) is 9.64. The van der Waals surface area contributed by atoms with Crippen LogP contribution in [0.3, 0.4) is 0 Å². The van der Waals surface area contributed by atoms with Crippen molar-refractivity contribution in [2.75, 3.05) is 6.61 Å². The van der Waals surface area contributed by atoms with Gasteiger partial charge < -0.3 is 14.6 Å². The highest BCUT2D eigenvalue weighted by Crippen LogP contribution is 2.19. The predicted molar refractivity (Wildman–Crippen MR) is 108 cm³/mol. The summed E-state index contributed by atoms with van der Waals surface area (Å²) >= 11 is 0. The molecule has 158 valence electrons. The topological polar surface area (TPSA) is 112 Å². The summed E-state index contributed by atoms with van der Waals surface area (Å²) in [5.74, 6) is 0.276. The summed E-state index contributed by atoms with van der Waals surface area (Å²) in [4.78, 5) is 28.7. The van der Waals surface area contributed by atoms with Crippen molar-refractivity contribution >= 4 is 11.9 Å². The Morgan fingerprint density at radius 3 is 2.50 bits per heavy atom. The minimum absolute atomic E-state index is 0.168. The van der Waals surface area contributed by atoms with Gasteiger partial charge in [0.2, 0.25) is 5.89 Å². The highest BCUT2D eigenvalue weighted by Gasteiger charge is 2.22. The van der Waals surface area contributed by atoms with E-state index >= 15 is 0 Å². The first-order chi connectivity index (χ1) is 14.2. The number of ether oxygens (including phenoxy) is 1. The summed E-state index contributed by atoms with van der Waals surface area (Å²) in [5, 5.41) is 10.9. The standard InChI is InChI=1S/C21H25N5O4/c1-6-29-19(28)16-11-23-26(13(16)2)15-9-7-14(8-10-15)18(27)22-12-17-24-20(30-25-17)21(3,4)5/h7-11H,6,12H2,1-5H3,(H,22,27). The molecule has 1 amide bonds. The highest BCUT2D eigenvalue weighted by molar-refractivity contribution is 5.94. The molecule has 0 atom stereocenters. The Bertz CT molecular complexity index is 1040. The molecule has 0 spiro atoms. The zero-order chi connectivity index (χ0) is 21.9. The maximum atomic E-state index is 12.4. The molecule has 1 N–H and O–H groups in total. The van der Waals surface area contributed by atoms with Crippen molar-refractivity contribution < 1.29 is 18.8 Å². The Hall–Kier alpha value is -3.49. The van der Waals surface area contributed by atoms with Gasteiger partial charge in [0.1, 0.15) is 5.56 Å². The normalized spacial score (nSPS) is 11.4. The number of nitrogens with zero attached hydrogens (tertiary/aromatic N) is 4. The molecule has 2 aromatic heterocycles. The van der Waals surface area contributed by atoms with Gasteiger partial charge in [0, 0.05) is 11.0 Å². The van der Waals surface area contributed by atoms with Crippen LogP contribution in [-0.2, 0) is 16.7 Å². The van der Waals surface area contributed by atoms with Crippen LogP contribution in [0.25, 0.3) is 5.69 Å². The third kappa shape index (κ3) is 4.56. The molecule has 0 aliphatic rings. The Kier molecular flexibility index (Phi) is 6.00. The van der Waals surface area contributed by atoms with Crippen molar-refractivity contribution in [2.45, 2.75) is 46.6 Å². The van der Waals surface area contributed by atoms with Crippen LogP contribution in [0, 0.1) is 6.92 Å². The van der Waals surface area contributed by atoms with Crippen LogP contribution in [0.5, 0.6) is 0 Å². The summed E-state index contributed by atoms with van der Waals surface area (Å²) < 4.78 is 11.9. The molecule has 30 heavy (non-hydrogen) atoms. The van der Waals surface area contributed by atoms with E-state index in [4.69, 9.17) is 9.26 Å². The average Bonchev–Trinajstić information content (AvgIpc) is 3.33. The lowest BCUT2D eigenvalue weighted by molar-refractivity contribution is 0.0525. The van der Waals surface area contributed by atoms with Crippen LogP contribution in [0.1, 0.15) is 65.8 Å². The highest BCUT2D eigenvalue weighted by atomic mass is 16.5. The van der Waals surface area contributed by atoms with Gasteiger partial charge in [-0.2, -0.15) is 10.1 Å². The zero-order valence-corrected chi connectivity index (χ0v) is 17.7. The van der Waals surface area contributed by atoms with Crippen molar-refractivity contribution in [2.24, 2.45) is 0 Å². The van der Waals surface area contributed by atoms with Gasteiger partial charge in [-0.1, -0.05) is 25.9 Å². The number of amides is 1. The Balaban J connectivity index is 1.66. The van der Waals surface area contributed by atoms with Crippen molar-refractivity contribution in [1.29, 1.82) is 0 Å². The van der Waals surface area contributed by atoms with E-state index in [0.29, 0.717) is 35.1 Å². The molecule has 0 saturated heterocycles. The minimum Gasteiger partial charge on any atom is -0.462 e. The molecular weight excluding hydrogens is 386 g/mol. The number of aromatic nitrogens is 4. The van der Waals surface area contributed by atoms with E-state index in [9.17, 15) is 9.59 Å². The zero-order valence-electron chi connectivity index (χ0n) is 17.7. The number of nitrogens with one attached hydrogen (secondary N) is 1. The third-order valence-electron chi connectivity index (χ3n) is 4.40. The Labute approximate surface area is 174 Å². The maximum absolute atomic E-state index is 12.4. The fourth-order valence-corrected chi connectivity index (χ4v) is 2.72. The monoisotopic (exact) mass is 411 g/mol. The summed E-state index contributed by atoms with van der Waals surface area (Å²) in [6.07, 6.45) is 1.48. The average molecular weight is 411 g/mol. The lowest BCUT2D eigenvalue weighted by Crippen LogP contribution is -2.23. The Morgan fingerprint density at radius 1 is 1.20 bits per heavy atom. The molecule has 0 fully saturated rings. The largest absolute Gasteiger partial charge is 0.462 e. The first kappa shape index (κ1) is 21.2. The van der Waals surface area contributed by atoms with E-state index in [1.807, 2.05) is 20.8 Å². The van der Waals surface area contributed by atoms with Gasteiger partial charge in [-0.25, -0.2) is 9.48 Å². The van der Waals surface area contributed by atoms with Crippen LogP contribution >= 0.6 is 0 Å². The summed E-state index contributed by atoms with van der Waals surface area (Å²) in [6.45, 7) is 9.93. The summed E-state index contributed by atoms with van der Waals surface area (Å²) in [5.41, 5.74) is 2.04. The quantitative estimate of drug-likeness (QED) is 0.621. The molecule has 0 saturated carbocycles. The van der Waals surface area contributed by atoms with E-state index in [0.717, 1.165) is 5.69 Å². The van der Waals surface area contributed by atoms with Gasteiger partial charge in [0.15, 0.2) is 5.82 Å². The van der Waals surface area contributed by atoms with E-state index in [1.165, 1.54) is 6.20 Å². The van der Waals surface area contributed by atoms with Crippen molar-refractivity contribution in [1.82, 2.24) is 25.2 Å². The van der Waals surface area contributed by atoms with E-state index in [1.54, 1.807) is 42.8 Å². The molecule has 9 nitrogen and oxygen atoms in total. The number of carbonyl (C=O) groups excluding carboxylic acids is 2. The van der Waals surface area contributed by atoms with Crippen LogP contribution in [0.2, 0.25) is 0 Å².